The molecule has 0 atom stereocenters. The second kappa shape index (κ2) is 8.45. The maximum atomic E-state index is 11.4. The molecule has 1 aliphatic heterocycles. The molecule has 106 valence electrons. The van der Waals surface area contributed by atoms with Crippen LogP contribution in [0.3, 0.4) is 0 Å². The second-order valence-corrected chi connectivity index (χ2v) is 4.57. The quantitative estimate of drug-likeness (QED) is 0.385. The van der Waals surface area contributed by atoms with Crippen molar-refractivity contribution in [2.45, 2.75) is 58.3 Å². The number of hydrogen-bond donors (Lipinski definition) is 0. The van der Waals surface area contributed by atoms with Crippen molar-refractivity contribution in [3.05, 3.63) is 12.2 Å². The molecule has 0 aromatic rings. The molecule has 0 aromatic carbocycles. The van der Waals surface area contributed by atoms with Crippen molar-refractivity contribution in [1.29, 1.82) is 0 Å². The lowest BCUT2D eigenvalue weighted by Crippen LogP contribution is -2.31. The number of hydroxylamine groups is 2. The second-order valence-electron chi connectivity index (χ2n) is 4.57. The molecule has 1 heterocycles. The molecule has 0 radical (unpaired) electrons. The normalized spacial score (nSPS) is 15.5. The Morgan fingerprint density at radius 3 is 2.47 bits per heavy atom. The summed E-state index contributed by atoms with van der Waals surface area (Å²) in [6.45, 7) is 2.16. The van der Waals surface area contributed by atoms with E-state index in [9.17, 15) is 14.4 Å². The number of carbonyl (C=O) groups excluding carboxylic acids is 3. The van der Waals surface area contributed by atoms with E-state index < -0.39 is 17.8 Å². The van der Waals surface area contributed by atoms with Crippen LogP contribution in [0.15, 0.2) is 12.2 Å². The van der Waals surface area contributed by atoms with Gasteiger partial charge in [0.25, 0.3) is 11.8 Å². The number of hydrogen-bond acceptors (Lipinski definition) is 4. The van der Waals surface area contributed by atoms with Crippen molar-refractivity contribution in [3.63, 3.8) is 0 Å². The van der Waals surface area contributed by atoms with Crippen molar-refractivity contribution in [3.8, 4) is 0 Å². The highest BCUT2D eigenvalue weighted by Gasteiger charge is 2.32. The van der Waals surface area contributed by atoms with Gasteiger partial charge in [-0.1, -0.05) is 38.3 Å². The molecule has 0 aliphatic carbocycles. The van der Waals surface area contributed by atoms with Gasteiger partial charge < -0.3 is 4.84 Å². The van der Waals surface area contributed by atoms with Gasteiger partial charge in [-0.25, -0.2) is 4.79 Å². The van der Waals surface area contributed by atoms with Crippen LogP contribution in [0.25, 0.3) is 0 Å². The summed E-state index contributed by atoms with van der Waals surface area (Å²) in [6, 6.07) is 0. The van der Waals surface area contributed by atoms with E-state index >= 15 is 0 Å². The highest BCUT2D eigenvalue weighted by atomic mass is 16.7. The van der Waals surface area contributed by atoms with Gasteiger partial charge >= 0.3 is 5.97 Å². The number of allylic oxidation sites excluding steroid dienone is 1. The van der Waals surface area contributed by atoms with Crippen LogP contribution in [0.1, 0.15) is 58.3 Å². The minimum atomic E-state index is -0.576. The van der Waals surface area contributed by atoms with E-state index in [0.29, 0.717) is 5.06 Å². The monoisotopic (exact) mass is 267 g/mol. The summed E-state index contributed by atoms with van der Waals surface area (Å²) in [6.07, 6.45) is 9.68. The molecular weight excluding hydrogens is 246 g/mol. The molecular formula is C14H21NO4. The third-order valence-corrected chi connectivity index (χ3v) is 2.87. The Hall–Kier alpha value is -1.65. The summed E-state index contributed by atoms with van der Waals surface area (Å²) in [5.41, 5.74) is 0. The fourth-order valence-electron chi connectivity index (χ4n) is 1.78. The Kier molecular flexibility index (Phi) is 6.85. The number of amides is 2. The summed E-state index contributed by atoms with van der Waals surface area (Å²) in [5.74, 6) is -1.46. The highest BCUT2D eigenvalue weighted by Crippen LogP contribution is 2.12. The van der Waals surface area contributed by atoms with Crippen LogP contribution in [-0.2, 0) is 19.2 Å². The Morgan fingerprint density at radius 1 is 1.16 bits per heavy atom. The maximum Gasteiger partial charge on any atom is 0.336 e. The first-order valence-electron chi connectivity index (χ1n) is 6.86. The van der Waals surface area contributed by atoms with Gasteiger partial charge in [0.15, 0.2) is 0 Å². The van der Waals surface area contributed by atoms with Crippen molar-refractivity contribution >= 4 is 17.8 Å². The summed E-state index contributed by atoms with van der Waals surface area (Å²) in [7, 11) is 0. The molecule has 1 fully saturated rings. The van der Waals surface area contributed by atoms with Crippen molar-refractivity contribution < 1.29 is 19.2 Å². The number of nitrogens with zero attached hydrogens (tertiary/aromatic N) is 1. The molecule has 5 heteroatoms. The molecule has 0 bridgehead atoms. The third kappa shape index (κ3) is 5.68. The SMILES string of the molecule is CCCCCC/C=C\CC(=O)ON1C(=O)CCC1=O. The van der Waals surface area contributed by atoms with Crippen LogP contribution in [0.5, 0.6) is 0 Å². The van der Waals surface area contributed by atoms with Crippen LogP contribution >= 0.6 is 0 Å². The molecule has 0 unspecified atom stereocenters. The van der Waals surface area contributed by atoms with Gasteiger partial charge in [-0.3, -0.25) is 9.59 Å². The van der Waals surface area contributed by atoms with Gasteiger partial charge in [0.2, 0.25) is 0 Å². The first-order valence-corrected chi connectivity index (χ1v) is 6.86. The molecule has 0 aromatic heterocycles. The smallest absolute Gasteiger partial charge is 0.330 e. The van der Waals surface area contributed by atoms with E-state index in [1.165, 1.54) is 19.3 Å². The van der Waals surface area contributed by atoms with Gasteiger partial charge in [0.1, 0.15) is 0 Å². The van der Waals surface area contributed by atoms with Crippen molar-refractivity contribution in [2.75, 3.05) is 0 Å². The summed E-state index contributed by atoms with van der Waals surface area (Å²) in [5, 5.41) is 0.581. The Balaban J connectivity index is 2.15. The zero-order valence-corrected chi connectivity index (χ0v) is 11.4. The van der Waals surface area contributed by atoms with Gasteiger partial charge in [0.05, 0.1) is 6.42 Å². The van der Waals surface area contributed by atoms with Crippen LogP contribution in [-0.4, -0.2) is 22.8 Å². The highest BCUT2D eigenvalue weighted by molar-refractivity contribution is 6.01. The minimum absolute atomic E-state index is 0.0881. The molecule has 0 N–H and O–H groups in total. The maximum absolute atomic E-state index is 11.4. The minimum Gasteiger partial charge on any atom is -0.330 e. The molecule has 1 rings (SSSR count). The van der Waals surface area contributed by atoms with Crippen LogP contribution < -0.4 is 0 Å². The van der Waals surface area contributed by atoms with Gasteiger partial charge in [-0.05, 0) is 12.8 Å². The van der Waals surface area contributed by atoms with E-state index in [1.54, 1.807) is 6.08 Å². The van der Waals surface area contributed by atoms with E-state index in [-0.39, 0.29) is 19.3 Å². The number of rotatable bonds is 8. The lowest BCUT2D eigenvalue weighted by Gasteiger charge is -2.11. The summed E-state index contributed by atoms with van der Waals surface area (Å²) < 4.78 is 0. The first kappa shape index (κ1) is 15.4. The first-order chi connectivity index (χ1) is 9.15. The Labute approximate surface area is 113 Å². The molecule has 5 nitrogen and oxygen atoms in total. The predicted molar refractivity (Wildman–Crippen MR) is 69.7 cm³/mol. The van der Waals surface area contributed by atoms with Crippen molar-refractivity contribution in [2.24, 2.45) is 0 Å². The topological polar surface area (TPSA) is 63.7 Å². The molecule has 0 spiro atoms. The molecule has 0 saturated carbocycles. The zero-order chi connectivity index (χ0) is 14.1. The Morgan fingerprint density at radius 2 is 1.84 bits per heavy atom. The lowest BCUT2D eigenvalue weighted by molar-refractivity contribution is -0.196. The van der Waals surface area contributed by atoms with E-state index in [1.807, 2.05) is 6.08 Å². The third-order valence-electron chi connectivity index (χ3n) is 2.87. The number of carbonyl (C=O) groups is 3. The average Bonchev–Trinajstić information content (AvgIpc) is 2.69. The molecule has 2 amide bonds. The molecule has 19 heavy (non-hydrogen) atoms. The van der Waals surface area contributed by atoms with Crippen LogP contribution in [0.4, 0.5) is 0 Å². The molecule has 1 saturated heterocycles. The van der Waals surface area contributed by atoms with E-state index in [4.69, 9.17) is 4.84 Å². The predicted octanol–water partition coefficient (Wildman–Crippen LogP) is 2.51. The summed E-state index contributed by atoms with van der Waals surface area (Å²) >= 11 is 0. The lowest BCUT2D eigenvalue weighted by atomic mass is 10.1. The van der Waals surface area contributed by atoms with Gasteiger partial charge in [0, 0.05) is 12.8 Å². The average molecular weight is 267 g/mol. The standard InChI is InChI=1S/C14H21NO4/c1-2-3-4-5-6-7-8-9-14(18)19-15-12(16)10-11-13(15)17/h7-8H,2-6,9-11H2,1H3/b8-7-. The number of imide groups is 1. The van der Waals surface area contributed by atoms with E-state index in [0.717, 1.165) is 12.8 Å². The van der Waals surface area contributed by atoms with Crippen LogP contribution in [0, 0.1) is 0 Å². The van der Waals surface area contributed by atoms with Gasteiger partial charge in [-0.2, -0.15) is 0 Å². The fraction of sp³-hybridized carbons (Fsp3) is 0.643. The fourth-order valence-corrected chi connectivity index (χ4v) is 1.78. The van der Waals surface area contributed by atoms with Gasteiger partial charge in [-0.15, -0.1) is 5.06 Å². The van der Waals surface area contributed by atoms with E-state index in [2.05, 4.69) is 6.92 Å². The van der Waals surface area contributed by atoms with Crippen molar-refractivity contribution in [1.82, 2.24) is 5.06 Å². The number of unbranched alkanes of at least 4 members (excludes halogenated alkanes) is 4. The molecule has 1 aliphatic rings. The Bertz CT molecular complexity index is 346. The van der Waals surface area contributed by atoms with Crippen LogP contribution in [0.2, 0.25) is 0 Å². The summed E-state index contributed by atoms with van der Waals surface area (Å²) in [4.78, 5) is 38.5. The largest absolute Gasteiger partial charge is 0.336 e. The zero-order valence-electron chi connectivity index (χ0n) is 11.4.